The van der Waals surface area contributed by atoms with Gasteiger partial charge >= 0.3 is 0 Å². The fourth-order valence-electron chi connectivity index (χ4n) is 3.94. The number of amides is 1. The van der Waals surface area contributed by atoms with E-state index in [-0.39, 0.29) is 11.7 Å². The maximum Gasteiger partial charge on any atom is 0.234 e. The van der Waals surface area contributed by atoms with Crippen molar-refractivity contribution in [1.82, 2.24) is 19.7 Å². The van der Waals surface area contributed by atoms with Crippen LogP contribution in [0.5, 0.6) is 5.75 Å². The van der Waals surface area contributed by atoms with Crippen molar-refractivity contribution in [1.29, 1.82) is 0 Å². The van der Waals surface area contributed by atoms with Crippen LogP contribution in [0.4, 0.5) is 5.69 Å². The molecule has 35 heavy (non-hydrogen) atoms. The number of nitrogens with zero attached hydrogens (tertiary/aromatic N) is 3. The molecule has 0 atom stereocenters. The second kappa shape index (κ2) is 10.1. The first-order valence-corrected chi connectivity index (χ1v) is 12.4. The normalized spacial score (nSPS) is 11.0. The SMILES string of the molecule is CCOc1ccc(-n2c(SCC(=O)Nc3cccc(C)c3)nnc2-c2c[nH]c3ccccc23)cc1. The number of nitrogens with one attached hydrogen (secondary N) is 2. The first-order chi connectivity index (χ1) is 17.1. The van der Waals surface area contributed by atoms with Gasteiger partial charge in [-0.3, -0.25) is 9.36 Å². The van der Waals surface area contributed by atoms with Gasteiger partial charge in [0, 0.05) is 34.0 Å². The Hall–Kier alpha value is -4.04. The summed E-state index contributed by atoms with van der Waals surface area (Å²) in [6, 6.07) is 23.6. The molecule has 1 amide bonds. The van der Waals surface area contributed by atoms with Crippen LogP contribution in [0.2, 0.25) is 0 Å². The van der Waals surface area contributed by atoms with Crippen molar-refractivity contribution in [2.24, 2.45) is 0 Å². The molecular weight excluding hydrogens is 458 g/mol. The molecule has 2 N–H and O–H groups in total. The summed E-state index contributed by atoms with van der Waals surface area (Å²) in [6.07, 6.45) is 1.94. The topological polar surface area (TPSA) is 84.8 Å². The highest BCUT2D eigenvalue weighted by molar-refractivity contribution is 7.99. The first kappa shape index (κ1) is 22.7. The van der Waals surface area contributed by atoms with Crippen molar-refractivity contribution in [3.8, 4) is 22.8 Å². The molecule has 5 aromatic rings. The monoisotopic (exact) mass is 483 g/mol. The van der Waals surface area contributed by atoms with Gasteiger partial charge in [0.25, 0.3) is 0 Å². The van der Waals surface area contributed by atoms with Crippen LogP contribution < -0.4 is 10.1 Å². The van der Waals surface area contributed by atoms with E-state index in [2.05, 4.69) is 26.6 Å². The van der Waals surface area contributed by atoms with Crippen LogP contribution in [0.3, 0.4) is 0 Å². The molecule has 2 heterocycles. The number of para-hydroxylation sites is 1. The fourth-order valence-corrected chi connectivity index (χ4v) is 4.69. The van der Waals surface area contributed by atoms with Crippen molar-refractivity contribution in [3.05, 3.63) is 84.6 Å². The van der Waals surface area contributed by atoms with Gasteiger partial charge < -0.3 is 15.0 Å². The minimum Gasteiger partial charge on any atom is -0.494 e. The molecule has 5 rings (SSSR count). The molecule has 0 radical (unpaired) electrons. The number of thioether (sulfide) groups is 1. The Kier molecular flexibility index (Phi) is 6.54. The van der Waals surface area contributed by atoms with Crippen LogP contribution >= 0.6 is 11.8 Å². The number of aryl methyl sites for hydroxylation is 1. The fraction of sp³-hybridized carbons (Fsp3) is 0.148. The molecule has 0 saturated heterocycles. The number of anilines is 1. The highest BCUT2D eigenvalue weighted by Gasteiger charge is 2.20. The van der Waals surface area contributed by atoms with Crippen molar-refractivity contribution < 1.29 is 9.53 Å². The van der Waals surface area contributed by atoms with Crippen LogP contribution in [-0.2, 0) is 4.79 Å². The molecule has 176 valence electrons. The van der Waals surface area contributed by atoms with E-state index in [1.807, 2.05) is 91.3 Å². The van der Waals surface area contributed by atoms with Crippen molar-refractivity contribution in [3.63, 3.8) is 0 Å². The highest BCUT2D eigenvalue weighted by Crippen LogP contribution is 2.33. The Balaban J connectivity index is 1.47. The van der Waals surface area contributed by atoms with Crippen molar-refractivity contribution in [2.75, 3.05) is 17.7 Å². The Bertz CT molecular complexity index is 1470. The maximum absolute atomic E-state index is 12.7. The smallest absolute Gasteiger partial charge is 0.234 e. The summed E-state index contributed by atoms with van der Waals surface area (Å²) in [4.78, 5) is 16.0. The molecule has 7 nitrogen and oxygen atoms in total. The first-order valence-electron chi connectivity index (χ1n) is 11.4. The summed E-state index contributed by atoms with van der Waals surface area (Å²) < 4.78 is 7.59. The van der Waals surface area contributed by atoms with Crippen LogP contribution in [0, 0.1) is 6.92 Å². The van der Waals surface area contributed by atoms with Crippen LogP contribution in [0.15, 0.2) is 84.1 Å². The second-order valence-corrected chi connectivity index (χ2v) is 8.97. The van der Waals surface area contributed by atoms with Gasteiger partial charge in [-0.25, -0.2) is 0 Å². The van der Waals surface area contributed by atoms with Crippen LogP contribution in [0.1, 0.15) is 12.5 Å². The summed E-state index contributed by atoms with van der Waals surface area (Å²) in [5.74, 6) is 1.60. The number of rotatable bonds is 8. The average Bonchev–Trinajstić information content (AvgIpc) is 3.47. The number of aromatic amines is 1. The van der Waals surface area contributed by atoms with Gasteiger partial charge in [0.05, 0.1) is 12.4 Å². The number of carbonyl (C=O) groups excluding carboxylic acids is 1. The van der Waals surface area contributed by atoms with Gasteiger partial charge in [-0.05, 0) is 61.9 Å². The molecule has 0 aliphatic rings. The van der Waals surface area contributed by atoms with Crippen LogP contribution in [0.25, 0.3) is 28.0 Å². The van der Waals surface area contributed by atoms with Gasteiger partial charge in [-0.15, -0.1) is 10.2 Å². The number of H-pyrrole nitrogens is 1. The minimum atomic E-state index is -0.101. The molecule has 3 aromatic carbocycles. The zero-order valence-corrected chi connectivity index (χ0v) is 20.3. The van der Waals surface area contributed by atoms with Gasteiger partial charge in [0.15, 0.2) is 11.0 Å². The standard InChI is InChI=1S/C27H25N5O2S/c1-3-34-21-13-11-20(12-14-21)32-26(23-16-28-24-10-5-4-9-22(23)24)30-31-27(32)35-17-25(33)29-19-8-6-7-18(2)15-19/h4-16,28H,3,17H2,1-2H3,(H,29,33). The molecule has 0 saturated carbocycles. The zero-order chi connectivity index (χ0) is 24.2. The maximum atomic E-state index is 12.7. The van der Waals surface area contributed by atoms with E-state index >= 15 is 0 Å². The zero-order valence-electron chi connectivity index (χ0n) is 19.5. The quantitative estimate of drug-likeness (QED) is 0.270. The molecule has 0 unspecified atom stereocenters. The van der Waals surface area contributed by atoms with E-state index in [0.717, 1.165) is 39.2 Å². The second-order valence-electron chi connectivity index (χ2n) is 8.02. The van der Waals surface area contributed by atoms with Gasteiger partial charge in [-0.2, -0.15) is 0 Å². The van der Waals surface area contributed by atoms with Crippen LogP contribution in [-0.4, -0.2) is 38.0 Å². The lowest BCUT2D eigenvalue weighted by Gasteiger charge is -2.11. The van der Waals surface area contributed by atoms with Crippen molar-refractivity contribution >= 4 is 34.3 Å². The van der Waals surface area contributed by atoms with Gasteiger partial charge in [0.2, 0.25) is 5.91 Å². The number of carbonyl (C=O) groups is 1. The number of hydrogen-bond donors (Lipinski definition) is 2. The molecule has 0 spiro atoms. The predicted molar refractivity (Wildman–Crippen MR) is 140 cm³/mol. The summed E-state index contributed by atoms with van der Waals surface area (Å²) in [6.45, 7) is 4.55. The summed E-state index contributed by atoms with van der Waals surface area (Å²) in [5.41, 5.74) is 4.73. The number of aromatic nitrogens is 4. The summed E-state index contributed by atoms with van der Waals surface area (Å²) in [5, 5.41) is 13.6. The molecule has 0 bridgehead atoms. The minimum absolute atomic E-state index is 0.101. The molecule has 2 aromatic heterocycles. The number of fused-ring (bicyclic) bond motifs is 1. The van der Waals surface area contributed by atoms with E-state index < -0.39 is 0 Å². The van der Waals surface area contributed by atoms with E-state index in [9.17, 15) is 4.79 Å². The van der Waals surface area contributed by atoms with Gasteiger partial charge in [0.1, 0.15) is 5.75 Å². The molecule has 8 heteroatoms. The summed E-state index contributed by atoms with van der Waals surface area (Å²) in [7, 11) is 0. The van der Waals surface area contributed by atoms with E-state index in [1.54, 1.807) is 0 Å². The highest BCUT2D eigenvalue weighted by atomic mass is 32.2. The summed E-state index contributed by atoms with van der Waals surface area (Å²) >= 11 is 1.35. The largest absolute Gasteiger partial charge is 0.494 e. The lowest BCUT2D eigenvalue weighted by molar-refractivity contribution is -0.113. The number of benzene rings is 3. The lowest BCUT2D eigenvalue weighted by Crippen LogP contribution is -2.14. The third-order valence-corrected chi connectivity index (χ3v) is 6.43. The third-order valence-electron chi connectivity index (χ3n) is 5.50. The Labute approximate surface area is 207 Å². The number of ether oxygens (including phenoxy) is 1. The molecular formula is C27H25N5O2S. The van der Waals surface area contributed by atoms with Crippen molar-refractivity contribution in [2.45, 2.75) is 19.0 Å². The Morgan fingerprint density at radius 1 is 1.06 bits per heavy atom. The third kappa shape index (κ3) is 4.93. The number of hydrogen-bond acceptors (Lipinski definition) is 5. The molecule has 0 aliphatic carbocycles. The van der Waals surface area contributed by atoms with Gasteiger partial charge in [-0.1, -0.05) is 42.1 Å². The Morgan fingerprint density at radius 2 is 1.89 bits per heavy atom. The van der Waals surface area contributed by atoms with E-state index in [0.29, 0.717) is 17.6 Å². The lowest BCUT2D eigenvalue weighted by atomic mass is 10.1. The molecule has 0 aliphatic heterocycles. The molecule has 0 fully saturated rings. The predicted octanol–water partition coefficient (Wildman–Crippen LogP) is 5.85. The average molecular weight is 484 g/mol. The van der Waals surface area contributed by atoms with E-state index in [4.69, 9.17) is 4.74 Å². The van der Waals surface area contributed by atoms with E-state index in [1.165, 1.54) is 11.8 Å². The Morgan fingerprint density at radius 3 is 2.69 bits per heavy atom.